The van der Waals surface area contributed by atoms with Crippen LogP contribution in [-0.4, -0.2) is 82.8 Å². The van der Waals surface area contributed by atoms with Crippen molar-refractivity contribution in [1.82, 2.24) is 9.80 Å². The summed E-state index contributed by atoms with van der Waals surface area (Å²) in [5.41, 5.74) is -1.93. The molecule has 0 saturated carbocycles. The summed E-state index contributed by atoms with van der Waals surface area (Å²) in [6, 6.07) is -0.793. The van der Waals surface area contributed by atoms with Crippen LogP contribution >= 0.6 is 0 Å². The molecule has 0 aromatic rings. The second-order valence-corrected chi connectivity index (χ2v) is 11.0. The standard InChI is InChI=1S/C29H46N2O6/c1-6-9-14-19-36-27(35)23-22-25(33)31(17-12-11-13-18-32)24(26(34)30(15-8-3)16-10-7-2)29(22)20-21(4)28(23,5)37-29/h6,8,21-24,32H,1,3,7,9-20H2,2,4-5H3/t21?,22-,23+,24?,28-,29?/m0/s1. The molecular weight excluding hydrogens is 472 g/mol. The zero-order valence-electron chi connectivity index (χ0n) is 23.0. The van der Waals surface area contributed by atoms with E-state index in [0.29, 0.717) is 45.3 Å². The third-order valence-corrected chi connectivity index (χ3v) is 8.60. The van der Waals surface area contributed by atoms with Crippen LogP contribution in [0.3, 0.4) is 0 Å². The first-order valence-electron chi connectivity index (χ1n) is 14.0. The lowest BCUT2D eigenvalue weighted by molar-refractivity contribution is -0.162. The highest BCUT2D eigenvalue weighted by atomic mass is 16.6. The molecule has 8 nitrogen and oxygen atoms in total. The number of ether oxygens (including phenoxy) is 2. The number of fused-ring (bicyclic) bond motifs is 1. The van der Waals surface area contributed by atoms with Crippen LogP contribution in [0.5, 0.6) is 0 Å². The van der Waals surface area contributed by atoms with Gasteiger partial charge < -0.3 is 24.4 Å². The number of carbonyl (C=O) groups is 3. The van der Waals surface area contributed by atoms with E-state index in [4.69, 9.17) is 9.47 Å². The number of nitrogens with zero attached hydrogens (tertiary/aromatic N) is 2. The summed E-state index contributed by atoms with van der Waals surface area (Å²) in [7, 11) is 0. The predicted molar refractivity (Wildman–Crippen MR) is 141 cm³/mol. The second kappa shape index (κ2) is 12.6. The van der Waals surface area contributed by atoms with Crippen LogP contribution in [0.2, 0.25) is 0 Å². The molecule has 0 aromatic carbocycles. The van der Waals surface area contributed by atoms with Gasteiger partial charge in [-0.3, -0.25) is 14.4 Å². The number of hydrogen-bond acceptors (Lipinski definition) is 6. The Morgan fingerprint density at radius 3 is 2.62 bits per heavy atom. The fourth-order valence-corrected chi connectivity index (χ4v) is 6.65. The van der Waals surface area contributed by atoms with Gasteiger partial charge in [-0.15, -0.1) is 13.2 Å². The number of likely N-dealkylation sites (tertiary alicyclic amines) is 1. The SMILES string of the molecule is C=CCCCOC(=O)[C@H]1[C@H]2C(=O)N(CCCCCO)C(C(=O)N(CC=C)CCCC)C23CC(C)[C@]1(C)O3. The highest BCUT2D eigenvalue weighted by molar-refractivity contribution is 5.98. The van der Waals surface area contributed by atoms with Gasteiger partial charge in [0.15, 0.2) is 0 Å². The van der Waals surface area contributed by atoms with Crippen molar-refractivity contribution in [2.75, 3.05) is 32.8 Å². The van der Waals surface area contributed by atoms with E-state index < -0.39 is 35.0 Å². The molecule has 6 atom stereocenters. The van der Waals surface area contributed by atoms with Crippen molar-refractivity contribution in [2.24, 2.45) is 17.8 Å². The summed E-state index contributed by atoms with van der Waals surface area (Å²) in [6.07, 6.45) is 9.29. The lowest BCUT2D eigenvalue weighted by atomic mass is 9.62. The molecule has 1 spiro atoms. The molecule has 3 saturated heterocycles. The van der Waals surface area contributed by atoms with E-state index in [1.54, 1.807) is 22.0 Å². The minimum absolute atomic E-state index is 0.0181. The topological polar surface area (TPSA) is 96.4 Å². The Bertz CT molecular complexity index is 861. The zero-order chi connectivity index (χ0) is 27.2. The van der Waals surface area contributed by atoms with Crippen molar-refractivity contribution in [3.8, 4) is 0 Å². The summed E-state index contributed by atoms with van der Waals surface area (Å²) < 4.78 is 12.4. The Balaban J connectivity index is 1.98. The van der Waals surface area contributed by atoms with E-state index in [-0.39, 0.29) is 30.9 Å². The average Bonchev–Trinajstić information content (AvgIpc) is 3.38. The van der Waals surface area contributed by atoms with Gasteiger partial charge in [-0.05, 0) is 57.8 Å². The Labute approximate surface area is 222 Å². The molecule has 3 fully saturated rings. The van der Waals surface area contributed by atoms with E-state index in [0.717, 1.165) is 25.7 Å². The Morgan fingerprint density at radius 1 is 1.22 bits per heavy atom. The molecule has 0 aliphatic carbocycles. The van der Waals surface area contributed by atoms with Gasteiger partial charge in [-0.2, -0.15) is 0 Å². The van der Waals surface area contributed by atoms with Gasteiger partial charge in [0.2, 0.25) is 11.8 Å². The molecular formula is C29H46N2O6. The summed E-state index contributed by atoms with van der Waals surface area (Å²) in [5, 5.41) is 9.21. The van der Waals surface area contributed by atoms with E-state index in [2.05, 4.69) is 20.1 Å². The maximum absolute atomic E-state index is 14.2. The predicted octanol–water partition coefficient (Wildman–Crippen LogP) is 3.48. The first-order valence-corrected chi connectivity index (χ1v) is 14.0. The van der Waals surface area contributed by atoms with Crippen LogP contribution in [0.1, 0.15) is 72.1 Å². The first-order chi connectivity index (χ1) is 17.7. The van der Waals surface area contributed by atoms with Crippen LogP contribution in [0.15, 0.2) is 25.3 Å². The summed E-state index contributed by atoms with van der Waals surface area (Å²) in [6.45, 7) is 15.3. The molecule has 2 amide bonds. The van der Waals surface area contributed by atoms with E-state index in [1.165, 1.54) is 0 Å². The van der Waals surface area contributed by atoms with Crippen molar-refractivity contribution in [3.05, 3.63) is 25.3 Å². The molecule has 2 bridgehead atoms. The van der Waals surface area contributed by atoms with Crippen LogP contribution in [0.25, 0.3) is 0 Å². The van der Waals surface area contributed by atoms with Crippen molar-refractivity contribution in [1.29, 1.82) is 0 Å². The number of carbonyl (C=O) groups excluding carboxylic acids is 3. The molecule has 3 aliphatic rings. The number of unbranched alkanes of at least 4 members (excludes halogenated alkanes) is 4. The Hall–Kier alpha value is -2.19. The third-order valence-electron chi connectivity index (χ3n) is 8.60. The second-order valence-electron chi connectivity index (χ2n) is 11.0. The van der Waals surface area contributed by atoms with Gasteiger partial charge in [0.25, 0.3) is 0 Å². The monoisotopic (exact) mass is 518 g/mol. The quantitative estimate of drug-likeness (QED) is 0.191. The molecule has 3 heterocycles. The van der Waals surface area contributed by atoms with Gasteiger partial charge in [0.1, 0.15) is 17.6 Å². The molecule has 8 heteroatoms. The van der Waals surface area contributed by atoms with E-state index in [9.17, 15) is 19.5 Å². The molecule has 0 aromatic heterocycles. The number of esters is 1. The lowest BCUT2D eigenvalue weighted by Gasteiger charge is -2.37. The fraction of sp³-hybridized carbons (Fsp3) is 0.759. The highest BCUT2D eigenvalue weighted by Crippen LogP contribution is 2.65. The lowest BCUT2D eigenvalue weighted by Crippen LogP contribution is -2.56. The number of aliphatic hydroxyl groups is 1. The van der Waals surface area contributed by atoms with Gasteiger partial charge in [-0.1, -0.05) is 32.4 Å². The third kappa shape index (κ3) is 5.37. The number of amides is 2. The molecule has 3 aliphatic heterocycles. The molecule has 3 rings (SSSR count). The van der Waals surface area contributed by atoms with Gasteiger partial charge in [0.05, 0.1) is 18.1 Å². The van der Waals surface area contributed by atoms with Crippen molar-refractivity contribution >= 4 is 17.8 Å². The molecule has 208 valence electrons. The minimum Gasteiger partial charge on any atom is -0.465 e. The first kappa shape index (κ1) is 29.4. The van der Waals surface area contributed by atoms with Gasteiger partial charge >= 0.3 is 5.97 Å². The minimum atomic E-state index is -1.06. The number of allylic oxidation sites excluding steroid dienone is 1. The zero-order valence-corrected chi connectivity index (χ0v) is 23.0. The fourth-order valence-electron chi connectivity index (χ4n) is 6.65. The van der Waals surface area contributed by atoms with Crippen molar-refractivity contribution < 1.29 is 29.0 Å². The van der Waals surface area contributed by atoms with E-state index in [1.807, 2.05) is 13.8 Å². The van der Waals surface area contributed by atoms with Crippen molar-refractivity contribution in [3.63, 3.8) is 0 Å². The summed E-state index contributed by atoms with van der Waals surface area (Å²) in [4.78, 5) is 45.2. The van der Waals surface area contributed by atoms with Crippen LogP contribution in [0.4, 0.5) is 0 Å². The van der Waals surface area contributed by atoms with Crippen LogP contribution < -0.4 is 0 Å². The number of hydrogen-bond donors (Lipinski definition) is 1. The van der Waals surface area contributed by atoms with Gasteiger partial charge in [-0.25, -0.2) is 0 Å². The Kier molecular flexibility index (Phi) is 9.98. The number of aliphatic hydroxyl groups excluding tert-OH is 1. The molecule has 37 heavy (non-hydrogen) atoms. The largest absolute Gasteiger partial charge is 0.465 e. The average molecular weight is 519 g/mol. The summed E-state index contributed by atoms with van der Waals surface area (Å²) in [5.74, 6) is -2.27. The van der Waals surface area contributed by atoms with E-state index >= 15 is 0 Å². The summed E-state index contributed by atoms with van der Waals surface area (Å²) >= 11 is 0. The molecule has 3 unspecified atom stereocenters. The molecule has 1 N–H and O–H groups in total. The Morgan fingerprint density at radius 2 is 1.97 bits per heavy atom. The van der Waals surface area contributed by atoms with Crippen LogP contribution in [0, 0.1) is 17.8 Å². The normalized spacial score (nSPS) is 31.9. The molecule has 0 radical (unpaired) electrons. The smallest absolute Gasteiger partial charge is 0.312 e. The number of rotatable bonds is 16. The maximum Gasteiger partial charge on any atom is 0.312 e. The maximum atomic E-state index is 14.2. The van der Waals surface area contributed by atoms with Gasteiger partial charge in [0, 0.05) is 26.2 Å². The van der Waals surface area contributed by atoms with Crippen molar-refractivity contribution in [2.45, 2.75) is 89.4 Å². The van der Waals surface area contributed by atoms with Crippen LogP contribution in [-0.2, 0) is 23.9 Å². The highest BCUT2D eigenvalue weighted by Gasteiger charge is 2.80.